The van der Waals surface area contributed by atoms with Gasteiger partial charge in [0.1, 0.15) is 0 Å². The second-order valence-corrected chi connectivity index (χ2v) is 4.53. The van der Waals surface area contributed by atoms with Crippen LogP contribution in [0.25, 0.3) is 0 Å². The van der Waals surface area contributed by atoms with Crippen molar-refractivity contribution in [3.05, 3.63) is 47.5 Å². The minimum Gasteiger partial charge on any atom is -0.452 e. The SMILES string of the molecule is CC(C)=CC(=O)OCC(=O)NC(C)c1ccccc1. The number of carbonyl (C=O) groups is 2. The van der Waals surface area contributed by atoms with Crippen molar-refractivity contribution in [3.8, 4) is 0 Å². The van der Waals surface area contributed by atoms with Crippen LogP contribution in [0.3, 0.4) is 0 Å². The number of carbonyl (C=O) groups excluding carboxylic acids is 2. The lowest BCUT2D eigenvalue weighted by Gasteiger charge is -2.14. The van der Waals surface area contributed by atoms with Crippen molar-refractivity contribution in [2.75, 3.05) is 6.61 Å². The van der Waals surface area contributed by atoms with Crippen LogP contribution in [-0.2, 0) is 14.3 Å². The minimum absolute atomic E-state index is 0.115. The molecule has 0 heterocycles. The van der Waals surface area contributed by atoms with E-state index in [1.807, 2.05) is 37.3 Å². The molecule has 0 aliphatic carbocycles. The third-order valence-electron chi connectivity index (χ3n) is 2.43. The highest BCUT2D eigenvalue weighted by Crippen LogP contribution is 2.10. The minimum atomic E-state index is -0.498. The molecule has 19 heavy (non-hydrogen) atoms. The Morgan fingerprint density at radius 2 is 1.89 bits per heavy atom. The second kappa shape index (κ2) is 7.36. The van der Waals surface area contributed by atoms with Gasteiger partial charge in [0.15, 0.2) is 6.61 Å². The van der Waals surface area contributed by atoms with Crippen LogP contribution in [-0.4, -0.2) is 18.5 Å². The molecule has 0 bridgehead atoms. The van der Waals surface area contributed by atoms with Gasteiger partial charge in [-0.3, -0.25) is 4.79 Å². The number of rotatable bonds is 5. The molecular weight excluding hydrogens is 242 g/mol. The predicted molar refractivity (Wildman–Crippen MR) is 73.4 cm³/mol. The normalized spacial score (nSPS) is 11.3. The lowest BCUT2D eigenvalue weighted by atomic mass is 10.1. The Hall–Kier alpha value is -2.10. The standard InChI is InChI=1S/C15H19NO3/c1-11(2)9-15(18)19-10-14(17)16-12(3)13-7-5-4-6-8-13/h4-9,12H,10H2,1-3H3,(H,16,17). The molecule has 4 nitrogen and oxygen atoms in total. The molecule has 1 unspecified atom stereocenters. The van der Waals surface area contributed by atoms with Crippen molar-refractivity contribution in [3.63, 3.8) is 0 Å². The van der Waals surface area contributed by atoms with Gasteiger partial charge >= 0.3 is 5.97 Å². The maximum Gasteiger partial charge on any atom is 0.331 e. The van der Waals surface area contributed by atoms with E-state index in [1.54, 1.807) is 13.8 Å². The fourth-order valence-electron chi connectivity index (χ4n) is 1.52. The first-order valence-electron chi connectivity index (χ1n) is 6.15. The quantitative estimate of drug-likeness (QED) is 0.654. The van der Waals surface area contributed by atoms with E-state index in [1.165, 1.54) is 6.08 Å². The van der Waals surface area contributed by atoms with E-state index < -0.39 is 5.97 Å². The van der Waals surface area contributed by atoms with Crippen LogP contribution < -0.4 is 5.32 Å². The van der Waals surface area contributed by atoms with Gasteiger partial charge in [0.25, 0.3) is 5.91 Å². The lowest BCUT2D eigenvalue weighted by Crippen LogP contribution is -2.30. The number of ether oxygens (including phenoxy) is 1. The summed E-state index contributed by atoms with van der Waals surface area (Å²) >= 11 is 0. The van der Waals surface area contributed by atoms with Gasteiger partial charge in [-0.1, -0.05) is 35.9 Å². The first-order valence-corrected chi connectivity index (χ1v) is 6.15. The number of amides is 1. The van der Waals surface area contributed by atoms with Crippen molar-refractivity contribution >= 4 is 11.9 Å². The van der Waals surface area contributed by atoms with Gasteiger partial charge in [-0.25, -0.2) is 4.79 Å². The Morgan fingerprint density at radius 1 is 1.26 bits per heavy atom. The molecule has 0 aromatic heterocycles. The number of nitrogens with one attached hydrogen (secondary N) is 1. The number of benzene rings is 1. The Labute approximate surface area is 113 Å². The van der Waals surface area contributed by atoms with E-state index in [9.17, 15) is 9.59 Å². The lowest BCUT2D eigenvalue weighted by molar-refractivity contribution is -0.144. The summed E-state index contributed by atoms with van der Waals surface area (Å²) < 4.78 is 4.82. The summed E-state index contributed by atoms with van der Waals surface area (Å²) in [5, 5.41) is 2.77. The fourth-order valence-corrected chi connectivity index (χ4v) is 1.52. The van der Waals surface area contributed by atoms with E-state index in [0.717, 1.165) is 11.1 Å². The zero-order valence-corrected chi connectivity index (χ0v) is 11.5. The average Bonchev–Trinajstić information content (AvgIpc) is 2.36. The maximum atomic E-state index is 11.6. The van der Waals surface area contributed by atoms with Crippen LogP contribution in [0.15, 0.2) is 42.0 Å². The molecule has 4 heteroatoms. The van der Waals surface area contributed by atoms with E-state index in [0.29, 0.717) is 0 Å². The van der Waals surface area contributed by atoms with Gasteiger partial charge in [0.05, 0.1) is 6.04 Å². The van der Waals surface area contributed by atoms with Crippen molar-refractivity contribution in [2.24, 2.45) is 0 Å². The van der Waals surface area contributed by atoms with Crippen LogP contribution in [0.5, 0.6) is 0 Å². The third kappa shape index (κ3) is 5.86. The van der Waals surface area contributed by atoms with E-state index in [2.05, 4.69) is 5.32 Å². The van der Waals surface area contributed by atoms with Crippen LogP contribution in [0, 0.1) is 0 Å². The number of esters is 1. The van der Waals surface area contributed by atoms with Crippen molar-refractivity contribution in [1.29, 1.82) is 0 Å². The fraction of sp³-hybridized carbons (Fsp3) is 0.333. The number of hydrogen-bond acceptors (Lipinski definition) is 3. The van der Waals surface area contributed by atoms with Crippen LogP contribution in [0.1, 0.15) is 32.4 Å². The molecule has 1 aromatic rings. The predicted octanol–water partition coefficient (Wildman–Crippen LogP) is 2.37. The topological polar surface area (TPSA) is 55.4 Å². The summed E-state index contributed by atoms with van der Waals surface area (Å²) in [7, 11) is 0. The molecule has 0 saturated heterocycles. The first kappa shape index (κ1) is 15.0. The van der Waals surface area contributed by atoms with E-state index >= 15 is 0 Å². The van der Waals surface area contributed by atoms with Gasteiger partial charge in [0.2, 0.25) is 0 Å². The molecule has 1 amide bonds. The molecule has 0 aliphatic heterocycles. The Balaban J connectivity index is 2.40. The van der Waals surface area contributed by atoms with Gasteiger partial charge < -0.3 is 10.1 Å². The molecule has 0 radical (unpaired) electrons. The molecular formula is C15H19NO3. The highest BCUT2D eigenvalue weighted by Gasteiger charge is 2.10. The molecule has 0 saturated carbocycles. The molecule has 1 N–H and O–H groups in total. The zero-order valence-electron chi connectivity index (χ0n) is 11.5. The maximum absolute atomic E-state index is 11.6. The van der Waals surface area contributed by atoms with Crippen LogP contribution >= 0.6 is 0 Å². The Bertz CT molecular complexity index is 462. The average molecular weight is 261 g/mol. The van der Waals surface area contributed by atoms with Crippen molar-refractivity contribution < 1.29 is 14.3 Å². The number of allylic oxidation sites excluding steroid dienone is 1. The van der Waals surface area contributed by atoms with Gasteiger partial charge in [0, 0.05) is 6.08 Å². The van der Waals surface area contributed by atoms with E-state index in [4.69, 9.17) is 4.74 Å². The summed E-state index contributed by atoms with van der Waals surface area (Å²) in [5.74, 6) is -0.811. The van der Waals surface area contributed by atoms with Crippen LogP contribution in [0.2, 0.25) is 0 Å². The molecule has 1 aromatic carbocycles. The molecule has 102 valence electrons. The first-order chi connectivity index (χ1) is 8.99. The van der Waals surface area contributed by atoms with Gasteiger partial charge in [-0.05, 0) is 26.3 Å². The highest BCUT2D eigenvalue weighted by molar-refractivity contribution is 5.86. The van der Waals surface area contributed by atoms with Crippen LogP contribution in [0.4, 0.5) is 0 Å². The highest BCUT2D eigenvalue weighted by atomic mass is 16.5. The largest absolute Gasteiger partial charge is 0.452 e. The Morgan fingerprint density at radius 3 is 2.47 bits per heavy atom. The molecule has 0 fully saturated rings. The van der Waals surface area contributed by atoms with E-state index in [-0.39, 0.29) is 18.6 Å². The monoisotopic (exact) mass is 261 g/mol. The molecule has 0 aliphatic rings. The summed E-state index contributed by atoms with van der Waals surface area (Å²) in [5.41, 5.74) is 1.84. The smallest absolute Gasteiger partial charge is 0.331 e. The summed E-state index contributed by atoms with van der Waals surface area (Å²) in [6.07, 6.45) is 1.36. The second-order valence-electron chi connectivity index (χ2n) is 4.53. The van der Waals surface area contributed by atoms with Crippen molar-refractivity contribution in [2.45, 2.75) is 26.8 Å². The molecule has 1 atom stereocenters. The zero-order chi connectivity index (χ0) is 14.3. The third-order valence-corrected chi connectivity index (χ3v) is 2.43. The molecule has 1 rings (SSSR count). The molecule has 0 spiro atoms. The van der Waals surface area contributed by atoms with Crippen molar-refractivity contribution in [1.82, 2.24) is 5.32 Å². The Kier molecular flexibility index (Phi) is 5.79. The van der Waals surface area contributed by atoms with Gasteiger partial charge in [-0.2, -0.15) is 0 Å². The van der Waals surface area contributed by atoms with Gasteiger partial charge in [-0.15, -0.1) is 0 Å². The summed E-state index contributed by atoms with van der Waals surface area (Å²) in [6, 6.07) is 9.48. The summed E-state index contributed by atoms with van der Waals surface area (Å²) in [6.45, 7) is 5.20. The number of hydrogen-bond donors (Lipinski definition) is 1. The summed E-state index contributed by atoms with van der Waals surface area (Å²) in [4.78, 5) is 22.8.